The number of ether oxygens (including phenoxy) is 1. The molecule has 104 valence electrons. The summed E-state index contributed by atoms with van der Waals surface area (Å²) in [6, 6.07) is 3.93. The van der Waals surface area contributed by atoms with E-state index in [4.69, 9.17) is 0 Å². The van der Waals surface area contributed by atoms with Crippen molar-refractivity contribution >= 4 is 11.9 Å². The van der Waals surface area contributed by atoms with E-state index in [2.05, 4.69) is 10.1 Å². The average Bonchev–Trinajstić information content (AvgIpc) is 2.43. The largest absolute Gasteiger partial charge is 0.465 e. The lowest BCUT2D eigenvalue weighted by atomic mass is 10.0. The number of halogens is 2. The lowest BCUT2D eigenvalue weighted by Gasteiger charge is -2.10. The summed E-state index contributed by atoms with van der Waals surface area (Å²) in [4.78, 5) is 22.6. The highest BCUT2D eigenvalue weighted by molar-refractivity contribution is 5.91. The van der Waals surface area contributed by atoms with Crippen molar-refractivity contribution in [3.8, 4) is 0 Å². The van der Waals surface area contributed by atoms with Crippen molar-refractivity contribution in [2.75, 3.05) is 7.11 Å². The molecule has 0 aliphatic carbocycles. The summed E-state index contributed by atoms with van der Waals surface area (Å²) in [7, 11) is 1.13. The van der Waals surface area contributed by atoms with Crippen LogP contribution in [0.4, 0.5) is 8.78 Å². The van der Waals surface area contributed by atoms with Gasteiger partial charge in [0.05, 0.1) is 12.7 Å². The van der Waals surface area contributed by atoms with Crippen LogP contribution in [0.25, 0.3) is 0 Å². The summed E-state index contributed by atoms with van der Waals surface area (Å²) in [5.74, 6) is -0.975. The molecule has 19 heavy (non-hydrogen) atoms. The number of hydrogen-bond donors (Lipinski definition) is 1. The zero-order valence-corrected chi connectivity index (χ0v) is 10.7. The van der Waals surface area contributed by atoms with E-state index in [1.54, 1.807) is 6.92 Å². The Morgan fingerprint density at radius 3 is 2.58 bits per heavy atom. The van der Waals surface area contributed by atoms with Gasteiger partial charge in [0.25, 0.3) is 6.43 Å². The summed E-state index contributed by atoms with van der Waals surface area (Å²) in [6.07, 6.45) is -2.42. The van der Waals surface area contributed by atoms with Crippen LogP contribution in [-0.2, 0) is 16.1 Å². The third-order valence-corrected chi connectivity index (χ3v) is 2.57. The summed E-state index contributed by atoms with van der Waals surface area (Å²) in [6.45, 7) is 1.88. The van der Waals surface area contributed by atoms with Gasteiger partial charge >= 0.3 is 5.97 Å². The SMILES string of the molecule is CCC(=O)NCc1ccc(C(F)F)c(C(=O)OC)c1. The van der Waals surface area contributed by atoms with Gasteiger partial charge in [0.15, 0.2) is 0 Å². The summed E-state index contributed by atoms with van der Waals surface area (Å²) < 4.78 is 30.0. The van der Waals surface area contributed by atoms with Gasteiger partial charge in [-0.15, -0.1) is 0 Å². The number of hydrogen-bond acceptors (Lipinski definition) is 3. The van der Waals surface area contributed by atoms with Crippen LogP contribution in [0.1, 0.15) is 41.3 Å². The molecule has 0 aromatic heterocycles. The van der Waals surface area contributed by atoms with Gasteiger partial charge in [-0.1, -0.05) is 19.1 Å². The molecule has 0 spiro atoms. The number of alkyl halides is 2. The molecule has 0 unspecified atom stereocenters. The summed E-state index contributed by atoms with van der Waals surface area (Å²) in [5, 5.41) is 2.60. The molecule has 0 heterocycles. The minimum absolute atomic E-state index is 0.155. The van der Waals surface area contributed by atoms with Gasteiger partial charge in [-0.3, -0.25) is 4.79 Å². The van der Waals surface area contributed by atoms with Crippen LogP contribution < -0.4 is 5.32 Å². The van der Waals surface area contributed by atoms with E-state index in [1.807, 2.05) is 0 Å². The van der Waals surface area contributed by atoms with Crippen LogP contribution in [0.3, 0.4) is 0 Å². The number of carbonyl (C=O) groups is 2. The van der Waals surface area contributed by atoms with Crippen LogP contribution in [0, 0.1) is 0 Å². The van der Waals surface area contributed by atoms with Gasteiger partial charge in [-0.05, 0) is 11.6 Å². The van der Waals surface area contributed by atoms with Crippen molar-refractivity contribution < 1.29 is 23.1 Å². The predicted molar refractivity (Wildman–Crippen MR) is 64.9 cm³/mol. The molecule has 1 amide bonds. The standard InChI is InChI=1S/C13H15F2NO3/c1-3-11(17)16-7-8-4-5-9(12(14)15)10(6-8)13(18)19-2/h4-6,12H,3,7H2,1-2H3,(H,16,17). The van der Waals surface area contributed by atoms with Crippen LogP contribution in [0.5, 0.6) is 0 Å². The topological polar surface area (TPSA) is 55.4 Å². The molecule has 0 radical (unpaired) electrons. The van der Waals surface area contributed by atoms with Crippen LogP contribution in [0.15, 0.2) is 18.2 Å². The number of methoxy groups -OCH3 is 1. The van der Waals surface area contributed by atoms with E-state index >= 15 is 0 Å². The number of carbonyl (C=O) groups excluding carboxylic acids is 2. The van der Waals surface area contributed by atoms with Crippen molar-refractivity contribution in [2.24, 2.45) is 0 Å². The number of rotatable bonds is 5. The smallest absolute Gasteiger partial charge is 0.338 e. The maximum atomic E-state index is 12.7. The maximum Gasteiger partial charge on any atom is 0.338 e. The zero-order chi connectivity index (χ0) is 14.4. The Kier molecular flexibility index (Phi) is 5.41. The minimum atomic E-state index is -2.76. The van der Waals surface area contributed by atoms with E-state index in [1.165, 1.54) is 18.2 Å². The highest BCUT2D eigenvalue weighted by Crippen LogP contribution is 2.24. The maximum absolute atomic E-state index is 12.7. The molecule has 0 atom stereocenters. The predicted octanol–water partition coefficient (Wildman–Crippen LogP) is 2.44. The fourth-order valence-electron chi connectivity index (χ4n) is 1.52. The molecule has 0 saturated heterocycles. The normalized spacial score (nSPS) is 10.4. The highest BCUT2D eigenvalue weighted by Gasteiger charge is 2.19. The van der Waals surface area contributed by atoms with Gasteiger partial charge in [0, 0.05) is 18.5 Å². The molecule has 1 aromatic carbocycles. The Bertz CT molecular complexity index is 475. The van der Waals surface area contributed by atoms with Gasteiger partial charge in [0.2, 0.25) is 5.91 Å². The summed E-state index contributed by atoms with van der Waals surface area (Å²) in [5.41, 5.74) is 0.00441. The molecule has 1 N–H and O–H groups in total. The first-order valence-corrected chi connectivity index (χ1v) is 5.75. The van der Waals surface area contributed by atoms with E-state index in [0.717, 1.165) is 7.11 Å². The van der Waals surface area contributed by atoms with Crippen molar-refractivity contribution in [1.29, 1.82) is 0 Å². The molecular weight excluding hydrogens is 256 g/mol. The minimum Gasteiger partial charge on any atom is -0.465 e. The second kappa shape index (κ2) is 6.82. The third kappa shape index (κ3) is 4.01. The van der Waals surface area contributed by atoms with Crippen molar-refractivity contribution in [3.05, 3.63) is 34.9 Å². The quantitative estimate of drug-likeness (QED) is 0.837. The zero-order valence-electron chi connectivity index (χ0n) is 10.7. The van der Waals surface area contributed by atoms with Crippen molar-refractivity contribution in [3.63, 3.8) is 0 Å². The first kappa shape index (κ1) is 15.1. The highest BCUT2D eigenvalue weighted by atomic mass is 19.3. The van der Waals surface area contributed by atoms with E-state index < -0.39 is 12.4 Å². The van der Waals surface area contributed by atoms with Gasteiger partial charge in [-0.2, -0.15) is 0 Å². The first-order chi connectivity index (χ1) is 8.99. The number of benzene rings is 1. The molecule has 0 aliphatic heterocycles. The van der Waals surface area contributed by atoms with Crippen molar-refractivity contribution in [2.45, 2.75) is 26.3 Å². The van der Waals surface area contributed by atoms with E-state index in [-0.39, 0.29) is 23.6 Å². The number of nitrogens with one attached hydrogen (secondary N) is 1. The molecule has 0 bridgehead atoms. The van der Waals surface area contributed by atoms with Crippen LogP contribution >= 0.6 is 0 Å². The molecule has 4 nitrogen and oxygen atoms in total. The molecular formula is C13H15F2NO3. The lowest BCUT2D eigenvalue weighted by molar-refractivity contribution is -0.120. The Labute approximate surface area is 109 Å². The Balaban J connectivity index is 2.98. The molecule has 0 fully saturated rings. The van der Waals surface area contributed by atoms with Crippen LogP contribution in [0.2, 0.25) is 0 Å². The molecule has 1 rings (SSSR count). The van der Waals surface area contributed by atoms with E-state index in [9.17, 15) is 18.4 Å². The van der Waals surface area contributed by atoms with Gasteiger partial charge in [0.1, 0.15) is 0 Å². The molecule has 1 aromatic rings. The van der Waals surface area contributed by atoms with Gasteiger partial charge in [-0.25, -0.2) is 13.6 Å². The van der Waals surface area contributed by atoms with Gasteiger partial charge < -0.3 is 10.1 Å². The first-order valence-electron chi connectivity index (χ1n) is 5.75. The van der Waals surface area contributed by atoms with E-state index in [0.29, 0.717) is 12.0 Å². The Hall–Kier alpha value is -1.98. The fourth-order valence-corrected chi connectivity index (χ4v) is 1.52. The Morgan fingerprint density at radius 2 is 2.05 bits per heavy atom. The lowest BCUT2D eigenvalue weighted by Crippen LogP contribution is -2.21. The second-order valence-electron chi connectivity index (χ2n) is 3.84. The third-order valence-electron chi connectivity index (χ3n) is 2.57. The molecule has 6 heteroatoms. The molecule has 0 aliphatic rings. The number of amides is 1. The summed E-state index contributed by atoms with van der Waals surface area (Å²) >= 11 is 0. The fraction of sp³-hybridized carbons (Fsp3) is 0.385. The average molecular weight is 271 g/mol. The second-order valence-corrected chi connectivity index (χ2v) is 3.84. The van der Waals surface area contributed by atoms with Crippen LogP contribution in [-0.4, -0.2) is 19.0 Å². The Morgan fingerprint density at radius 1 is 1.37 bits per heavy atom. The molecule has 0 saturated carbocycles. The van der Waals surface area contributed by atoms with Crippen molar-refractivity contribution in [1.82, 2.24) is 5.32 Å². The monoisotopic (exact) mass is 271 g/mol. The number of esters is 1.